The second-order valence-corrected chi connectivity index (χ2v) is 12.5. The van der Waals surface area contributed by atoms with Gasteiger partial charge in [-0.3, -0.25) is 4.79 Å². The second kappa shape index (κ2) is 11.9. The van der Waals surface area contributed by atoms with Gasteiger partial charge in [0.05, 0.1) is 28.8 Å². The molecule has 2 heterocycles. The van der Waals surface area contributed by atoms with Crippen LogP contribution in [-0.2, 0) is 25.3 Å². The second-order valence-electron chi connectivity index (χ2n) is 9.23. The number of halogens is 3. The van der Waals surface area contributed by atoms with Gasteiger partial charge in [0.25, 0.3) is 0 Å². The van der Waals surface area contributed by atoms with Crippen molar-refractivity contribution in [2.75, 3.05) is 39.4 Å². The van der Waals surface area contributed by atoms with Gasteiger partial charge in [-0.25, -0.2) is 8.42 Å². The van der Waals surface area contributed by atoms with Crippen molar-refractivity contribution < 1.29 is 22.7 Å². The number of amides is 1. The Bertz CT molecular complexity index is 1190. The molecule has 7 nitrogen and oxygen atoms in total. The Morgan fingerprint density at radius 1 is 1.00 bits per heavy atom. The molecule has 2 saturated heterocycles. The van der Waals surface area contributed by atoms with E-state index in [1.54, 1.807) is 42.5 Å². The molecule has 0 aromatic heterocycles. The number of sulfonamides is 1. The Morgan fingerprint density at radius 2 is 1.78 bits per heavy atom. The van der Waals surface area contributed by atoms with Gasteiger partial charge in [0.15, 0.2) is 0 Å². The highest BCUT2D eigenvalue weighted by Crippen LogP contribution is 2.30. The fourth-order valence-electron chi connectivity index (χ4n) is 4.53. The Hall–Kier alpha value is -1.55. The van der Waals surface area contributed by atoms with E-state index in [0.717, 1.165) is 19.3 Å². The van der Waals surface area contributed by atoms with E-state index in [0.29, 0.717) is 39.5 Å². The topological polar surface area (TPSA) is 76.1 Å². The van der Waals surface area contributed by atoms with Crippen LogP contribution >= 0.6 is 34.8 Å². The summed E-state index contributed by atoms with van der Waals surface area (Å²) in [5.74, 6) is 0.217. The third-order valence-electron chi connectivity index (χ3n) is 6.42. The van der Waals surface area contributed by atoms with Crippen LogP contribution in [0.2, 0.25) is 15.1 Å². The molecule has 2 aliphatic heterocycles. The van der Waals surface area contributed by atoms with E-state index in [2.05, 4.69) is 0 Å². The summed E-state index contributed by atoms with van der Waals surface area (Å²) in [4.78, 5) is 15.1. The fraction of sp³-hybridized carbons (Fsp3) is 0.480. The van der Waals surface area contributed by atoms with E-state index >= 15 is 0 Å². The van der Waals surface area contributed by atoms with Crippen LogP contribution in [0.5, 0.6) is 5.75 Å². The number of carbonyl (C=O) groups is 1. The van der Waals surface area contributed by atoms with Crippen molar-refractivity contribution in [3.8, 4) is 5.75 Å². The number of piperidine rings is 1. The van der Waals surface area contributed by atoms with Crippen molar-refractivity contribution in [1.29, 1.82) is 0 Å². The van der Waals surface area contributed by atoms with E-state index < -0.39 is 15.6 Å². The van der Waals surface area contributed by atoms with E-state index in [4.69, 9.17) is 44.3 Å². The molecule has 2 fully saturated rings. The lowest BCUT2D eigenvalue weighted by Gasteiger charge is -2.42. The van der Waals surface area contributed by atoms with Crippen LogP contribution in [0, 0.1) is 0 Å². The van der Waals surface area contributed by atoms with Crippen molar-refractivity contribution in [3.05, 3.63) is 63.1 Å². The Labute approximate surface area is 227 Å². The molecule has 0 bridgehead atoms. The third kappa shape index (κ3) is 7.05. The van der Waals surface area contributed by atoms with Crippen molar-refractivity contribution in [3.63, 3.8) is 0 Å². The predicted octanol–water partition coefficient (Wildman–Crippen LogP) is 5.03. The number of hydrogen-bond acceptors (Lipinski definition) is 5. The number of rotatable bonds is 8. The lowest BCUT2D eigenvalue weighted by Crippen LogP contribution is -2.58. The number of morpholine rings is 1. The van der Waals surface area contributed by atoms with E-state index in [9.17, 15) is 13.2 Å². The minimum atomic E-state index is -3.74. The van der Waals surface area contributed by atoms with Crippen molar-refractivity contribution in [1.82, 2.24) is 9.21 Å². The van der Waals surface area contributed by atoms with E-state index in [1.807, 2.05) is 4.90 Å². The molecule has 36 heavy (non-hydrogen) atoms. The minimum absolute atomic E-state index is 0.00317. The molecule has 1 atom stereocenters. The van der Waals surface area contributed by atoms with Crippen LogP contribution in [0.15, 0.2) is 42.5 Å². The molecule has 1 amide bonds. The Morgan fingerprint density at radius 3 is 2.50 bits per heavy atom. The third-order valence-corrected chi connectivity index (χ3v) is 9.19. The zero-order valence-corrected chi connectivity index (χ0v) is 22.9. The SMILES string of the molecule is O=C(CC1(COc2cccc(Cl)c2)CN(S(=O)(=O)Cc2ccc(Cl)c(Cl)c2)CCO1)N1CCCCC1. The first-order chi connectivity index (χ1) is 17.2. The van der Waals surface area contributed by atoms with Crippen molar-refractivity contribution >= 4 is 50.7 Å². The summed E-state index contributed by atoms with van der Waals surface area (Å²) in [7, 11) is -3.74. The van der Waals surface area contributed by atoms with Crippen LogP contribution in [0.4, 0.5) is 0 Å². The highest BCUT2D eigenvalue weighted by Gasteiger charge is 2.44. The summed E-state index contributed by atoms with van der Waals surface area (Å²) in [5, 5.41) is 1.17. The average molecular weight is 576 g/mol. The summed E-state index contributed by atoms with van der Waals surface area (Å²) in [6, 6.07) is 11.7. The zero-order valence-electron chi connectivity index (χ0n) is 19.8. The van der Waals surface area contributed by atoms with Crippen LogP contribution < -0.4 is 4.74 Å². The molecule has 0 radical (unpaired) electrons. The smallest absolute Gasteiger partial charge is 0.225 e. The zero-order chi connectivity index (χ0) is 25.8. The molecule has 11 heteroatoms. The lowest BCUT2D eigenvalue weighted by molar-refractivity contribution is -0.151. The highest BCUT2D eigenvalue weighted by atomic mass is 35.5. The van der Waals surface area contributed by atoms with Crippen molar-refractivity contribution in [2.45, 2.75) is 37.0 Å². The molecule has 4 rings (SSSR count). The molecule has 2 aromatic rings. The normalized spacial score (nSPS) is 21.4. The molecule has 0 aliphatic carbocycles. The number of carbonyl (C=O) groups excluding carboxylic acids is 1. The number of hydrogen-bond donors (Lipinski definition) is 0. The monoisotopic (exact) mass is 574 g/mol. The molecule has 0 spiro atoms. The summed E-state index contributed by atoms with van der Waals surface area (Å²) in [6.07, 6.45) is 3.04. The van der Waals surface area contributed by atoms with Gasteiger partial charge in [0.2, 0.25) is 15.9 Å². The lowest BCUT2D eigenvalue weighted by atomic mass is 9.97. The van der Waals surface area contributed by atoms with Gasteiger partial charge < -0.3 is 14.4 Å². The van der Waals surface area contributed by atoms with Crippen molar-refractivity contribution in [2.24, 2.45) is 0 Å². The number of benzene rings is 2. The van der Waals surface area contributed by atoms with Gasteiger partial charge in [-0.1, -0.05) is 46.9 Å². The van der Waals surface area contributed by atoms with Gasteiger partial charge in [-0.15, -0.1) is 0 Å². The fourth-order valence-corrected chi connectivity index (χ4v) is 6.60. The summed E-state index contributed by atoms with van der Waals surface area (Å²) >= 11 is 18.2. The van der Waals surface area contributed by atoms with Gasteiger partial charge in [0, 0.05) is 31.2 Å². The van der Waals surface area contributed by atoms with Gasteiger partial charge in [0.1, 0.15) is 18.0 Å². The molecule has 2 aromatic carbocycles. The maximum absolute atomic E-state index is 13.4. The average Bonchev–Trinajstić information content (AvgIpc) is 2.86. The first-order valence-corrected chi connectivity index (χ1v) is 14.6. The maximum atomic E-state index is 13.4. The summed E-state index contributed by atoms with van der Waals surface area (Å²) in [6.45, 7) is 1.72. The maximum Gasteiger partial charge on any atom is 0.225 e. The minimum Gasteiger partial charge on any atom is -0.490 e. The van der Waals surface area contributed by atoms with E-state index in [-0.39, 0.29) is 44.4 Å². The molecule has 196 valence electrons. The first-order valence-electron chi connectivity index (χ1n) is 11.9. The molecular weight excluding hydrogens is 547 g/mol. The van der Waals surface area contributed by atoms with Gasteiger partial charge in [-0.2, -0.15) is 4.31 Å². The highest BCUT2D eigenvalue weighted by molar-refractivity contribution is 7.88. The predicted molar refractivity (Wildman–Crippen MR) is 141 cm³/mol. The van der Waals surface area contributed by atoms with E-state index in [1.165, 1.54) is 4.31 Å². The van der Waals surface area contributed by atoms with Gasteiger partial charge >= 0.3 is 0 Å². The van der Waals surface area contributed by atoms with Crippen LogP contribution in [-0.4, -0.2) is 68.5 Å². The van der Waals surface area contributed by atoms with Crippen LogP contribution in [0.1, 0.15) is 31.2 Å². The quantitative estimate of drug-likeness (QED) is 0.441. The van der Waals surface area contributed by atoms with Crippen LogP contribution in [0.3, 0.4) is 0 Å². The Kier molecular flexibility index (Phi) is 9.07. The first kappa shape index (κ1) is 27.5. The molecular formula is C25H29Cl3N2O5S. The molecule has 2 aliphatic rings. The molecule has 0 N–H and O–H groups in total. The van der Waals surface area contributed by atoms with Gasteiger partial charge in [-0.05, 0) is 55.2 Å². The summed E-state index contributed by atoms with van der Waals surface area (Å²) in [5.41, 5.74) is -0.610. The number of ether oxygens (including phenoxy) is 2. The molecule has 1 unspecified atom stereocenters. The van der Waals surface area contributed by atoms with Crippen LogP contribution in [0.25, 0.3) is 0 Å². The standard InChI is InChI=1S/C25H29Cl3N2O5S/c26-20-5-4-6-21(14-20)34-18-25(15-24(31)29-9-2-1-3-10-29)17-30(11-12-35-25)36(32,33)16-19-7-8-22(27)23(28)13-19/h4-8,13-14H,1-3,9-12,15-18H2. The Balaban J connectivity index is 1.54. The molecule has 0 saturated carbocycles. The number of likely N-dealkylation sites (tertiary alicyclic amines) is 1. The summed E-state index contributed by atoms with van der Waals surface area (Å²) < 4.78 is 40.3. The largest absolute Gasteiger partial charge is 0.490 e. The number of nitrogens with zero attached hydrogens (tertiary/aromatic N) is 2.